The number of amides is 1. The molecule has 0 radical (unpaired) electrons. The van der Waals surface area contributed by atoms with Crippen molar-refractivity contribution in [2.75, 3.05) is 26.3 Å². The highest BCUT2D eigenvalue weighted by molar-refractivity contribution is 5.85. The molecule has 1 aliphatic rings. The fraction of sp³-hybridized carbons (Fsp3) is 0.889. The Morgan fingerprint density at radius 1 is 1.64 bits per heavy atom. The number of carbonyl (C=O) groups excluding carboxylic acids is 1. The lowest BCUT2D eigenvalue weighted by Gasteiger charge is -2.27. The van der Waals surface area contributed by atoms with Gasteiger partial charge in [-0.3, -0.25) is 4.79 Å². The van der Waals surface area contributed by atoms with Gasteiger partial charge < -0.3 is 15.4 Å². The smallest absolute Gasteiger partial charge is 0.225 e. The predicted octanol–water partition coefficient (Wildman–Crippen LogP) is 0.169. The second kappa shape index (κ2) is 7.04. The molecule has 0 aromatic heterocycles. The maximum absolute atomic E-state index is 11.4. The number of rotatable bonds is 5. The summed E-state index contributed by atoms with van der Waals surface area (Å²) in [6.07, 6.45) is 0. The van der Waals surface area contributed by atoms with E-state index >= 15 is 0 Å². The number of halogens is 1. The fourth-order valence-electron chi connectivity index (χ4n) is 1.17. The van der Waals surface area contributed by atoms with Gasteiger partial charge in [0, 0.05) is 25.7 Å². The van der Waals surface area contributed by atoms with Crippen LogP contribution >= 0.6 is 12.4 Å². The van der Waals surface area contributed by atoms with Crippen LogP contribution in [0.4, 0.5) is 0 Å². The molecule has 4 nitrogen and oxygen atoms in total. The lowest BCUT2D eigenvalue weighted by Crippen LogP contribution is -2.52. The molecule has 0 aliphatic carbocycles. The van der Waals surface area contributed by atoms with Gasteiger partial charge in [0.15, 0.2) is 0 Å². The van der Waals surface area contributed by atoms with Crippen molar-refractivity contribution in [3.8, 4) is 0 Å². The maximum atomic E-state index is 11.4. The molecule has 84 valence electrons. The van der Waals surface area contributed by atoms with Crippen LogP contribution in [0.5, 0.6) is 0 Å². The van der Waals surface area contributed by atoms with Gasteiger partial charge in [-0.15, -0.1) is 12.4 Å². The first kappa shape index (κ1) is 13.7. The molecule has 1 atom stereocenters. The third kappa shape index (κ3) is 4.26. The lowest BCUT2D eigenvalue weighted by molar-refractivity contribution is -0.127. The molecular formula is C9H19ClN2O2. The van der Waals surface area contributed by atoms with E-state index in [2.05, 4.69) is 10.6 Å². The van der Waals surface area contributed by atoms with Gasteiger partial charge in [0.05, 0.1) is 12.5 Å². The van der Waals surface area contributed by atoms with Crippen molar-refractivity contribution in [3.05, 3.63) is 0 Å². The Balaban J connectivity index is 0.00000169. The zero-order chi connectivity index (χ0) is 9.68. The van der Waals surface area contributed by atoms with E-state index in [4.69, 9.17) is 4.74 Å². The molecule has 2 N–H and O–H groups in total. The second-order valence-electron chi connectivity index (χ2n) is 3.42. The SMILES string of the molecule is CCOC[C@@H](C)NC(=O)C1CNC1.Cl. The molecule has 0 aromatic rings. The molecule has 1 heterocycles. The van der Waals surface area contributed by atoms with Gasteiger partial charge in [-0.05, 0) is 13.8 Å². The minimum atomic E-state index is 0. The molecule has 1 aliphatic heterocycles. The van der Waals surface area contributed by atoms with E-state index in [-0.39, 0.29) is 30.3 Å². The summed E-state index contributed by atoms with van der Waals surface area (Å²) >= 11 is 0. The average Bonchev–Trinajstić information content (AvgIpc) is 1.97. The highest BCUT2D eigenvalue weighted by Gasteiger charge is 2.25. The minimum Gasteiger partial charge on any atom is -0.380 e. The number of nitrogens with one attached hydrogen (secondary N) is 2. The highest BCUT2D eigenvalue weighted by atomic mass is 35.5. The van der Waals surface area contributed by atoms with Gasteiger partial charge in [-0.1, -0.05) is 0 Å². The van der Waals surface area contributed by atoms with E-state index in [1.54, 1.807) is 0 Å². The van der Waals surface area contributed by atoms with Crippen LogP contribution in [-0.2, 0) is 9.53 Å². The number of carbonyl (C=O) groups is 1. The zero-order valence-electron chi connectivity index (χ0n) is 8.71. The van der Waals surface area contributed by atoms with Crippen LogP contribution < -0.4 is 10.6 Å². The van der Waals surface area contributed by atoms with E-state index in [1.807, 2.05) is 13.8 Å². The van der Waals surface area contributed by atoms with Crippen LogP contribution in [0.1, 0.15) is 13.8 Å². The van der Waals surface area contributed by atoms with Crippen molar-refractivity contribution in [2.24, 2.45) is 5.92 Å². The van der Waals surface area contributed by atoms with E-state index < -0.39 is 0 Å². The minimum absolute atomic E-state index is 0. The van der Waals surface area contributed by atoms with Crippen molar-refractivity contribution in [3.63, 3.8) is 0 Å². The molecule has 0 bridgehead atoms. The summed E-state index contributed by atoms with van der Waals surface area (Å²) in [7, 11) is 0. The molecule has 14 heavy (non-hydrogen) atoms. The Morgan fingerprint density at radius 2 is 2.29 bits per heavy atom. The molecule has 1 amide bonds. The van der Waals surface area contributed by atoms with Crippen LogP contribution in [0, 0.1) is 5.92 Å². The van der Waals surface area contributed by atoms with E-state index in [9.17, 15) is 4.79 Å². The molecular weight excluding hydrogens is 204 g/mol. The number of ether oxygens (including phenoxy) is 1. The third-order valence-corrected chi connectivity index (χ3v) is 2.11. The Hall–Kier alpha value is -0.320. The summed E-state index contributed by atoms with van der Waals surface area (Å²) in [6, 6.07) is 0.119. The van der Waals surface area contributed by atoms with E-state index in [1.165, 1.54) is 0 Å². The molecule has 5 heteroatoms. The van der Waals surface area contributed by atoms with Gasteiger partial charge in [-0.2, -0.15) is 0 Å². The molecule has 0 saturated carbocycles. The van der Waals surface area contributed by atoms with Crippen molar-refractivity contribution in [1.29, 1.82) is 0 Å². The lowest BCUT2D eigenvalue weighted by atomic mass is 10.0. The summed E-state index contributed by atoms with van der Waals surface area (Å²) in [6.45, 7) is 6.83. The third-order valence-electron chi connectivity index (χ3n) is 2.11. The van der Waals surface area contributed by atoms with Crippen LogP contribution in [0.25, 0.3) is 0 Å². The zero-order valence-corrected chi connectivity index (χ0v) is 9.52. The summed E-state index contributed by atoms with van der Waals surface area (Å²) in [4.78, 5) is 11.4. The molecule has 1 saturated heterocycles. The van der Waals surface area contributed by atoms with Gasteiger partial charge in [0.25, 0.3) is 0 Å². The molecule has 0 spiro atoms. The first-order valence-electron chi connectivity index (χ1n) is 4.83. The Bertz CT molecular complexity index is 174. The standard InChI is InChI=1S/C9H18N2O2.ClH/c1-3-13-6-7(2)11-9(12)8-4-10-5-8;/h7-8,10H,3-6H2,1-2H3,(H,11,12);1H/t7-;/m1./s1. The number of hydrogen-bond acceptors (Lipinski definition) is 3. The van der Waals surface area contributed by atoms with Gasteiger partial charge in [0.2, 0.25) is 5.91 Å². The highest BCUT2D eigenvalue weighted by Crippen LogP contribution is 2.02. The second-order valence-corrected chi connectivity index (χ2v) is 3.42. The molecule has 0 aromatic carbocycles. The Morgan fingerprint density at radius 3 is 2.71 bits per heavy atom. The monoisotopic (exact) mass is 222 g/mol. The van der Waals surface area contributed by atoms with Gasteiger partial charge in [-0.25, -0.2) is 0 Å². The van der Waals surface area contributed by atoms with Crippen molar-refractivity contribution < 1.29 is 9.53 Å². The van der Waals surface area contributed by atoms with Crippen LogP contribution in [0.2, 0.25) is 0 Å². The fourth-order valence-corrected chi connectivity index (χ4v) is 1.17. The predicted molar refractivity (Wildman–Crippen MR) is 57.7 cm³/mol. The average molecular weight is 223 g/mol. The molecule has 0 unspecified atom stereocenters. The summed E-state index contributed by atoms with van der Waals surface area (Å²) < 4.78 is 5.20. The van der Waals surface area contributed by atoms with E-state index in [0.717, 1.165) is 13.1 Å². The first-order valence-corrected chi connectivity index (χ1v) is 4.83. The van der Waals surface area contributed by atoms with Crippen LogP contribution in [0.15, 0.2) is 0 Å². The van der Waals surface area contributed by atoms with Crippen LogP contribution in [-0.4, -0.2) is 38.3 Å². The van der Waals surface area contributed by atoms with E-state index in [0.29, 0.717) is 13.2 Å². The maximum Gasteiger partial charge on any atom is 0.225 e. The van der Waals surface area contributed by atoms with Crippen molar-refractivity contribution >= 4 is 18.3 Å². The first-order chi connectivity index (χ1) is 6.24. The van der Waals surface area contributed by atoms with Crippen molar-refractivity contribution in [1.82, 2.24) is 10.6 Å². The Kier molecular flexibility index (Phi) is 6.87. The quantitative estimate of drug-likeness (QED) is 0.697. The summed E-state index contributed by atoms with van der Waals surface area (Å²) in [5.41, 5.74) is 0. The summed E-state index contributed by atoms with van der Waals surface area (Å²) in [5.74, 6) is 0.315. The topological polar surface area (TPSA) is 50.4 Å². The number of hydrogen-bond donors (Lipinski definition) is 2. The summed E-state index contributed by atoms with van der Waals surface area (Å²) in [5, 5.41) is 5.98. The van der Waals surface area contributed by atoms with Gasteiger partial charge >= 0.3 is 0 Å². The van der Waals surface area contributed by atoms with Gasteiger partial charge in [0.1, 0.15) is 0 Å². The normalized spacial score (nSPS) is 17.9. The molecule has 1 fully saturated rings. The van der Waals surface area contributed by atoms with Crippen molar-refractivity contribution in [2.45, 2.75) is 19.9 Å². The molecule has 1 rings (SSSR count). The largest absolute Gasteiger partial charge is 0.380 e. The Labute approximate surface area is 91.2 Å². The van der Waals surface area contributed by atoms with Crippen LogP contribution in [0.3, 0.4) is 0 Å².